The Labute approximate surface area is 172 Å². The van der Waals surface area contributed by atoms with Crippen LogP contribution in [0.25, 0.3) is 0 Å². The standard InChI is InChI=1S/C21H21N3O6/c1-2-21(15-9-5-3-6-10-15)19(27)24(20(28)22-21)23-17(25)13-30-18(26)14-29-16-11-7-4-8-12-16/h3-12H,2,13-14H2,1H3,(H,22,28)(H,23,25)/t21-/m1/s1. The average Bonchev–Trinajstić information content (AvgIpc) is 3.02. The number of hydrogen-bond donors (Lipinski definition) is 2. The number of hydrazine groups is 1. The number of ether oxygens (including phenoxy) is 2. The van der Waals surface area contributed by atoms with E-state index in [0.717, 1.165) is 0 Å². The van der Waals surface area contributed by atoms with Gasteiger partial charge in [0.1, 0.15) is 11.3 Å². The second-order valence-electron chi connectivity index (χ2n) is 6.49. The van der Waals surface area contributed by atoms with Gasteiger partial charge in [-0.15, -0.1) is 0 Å². The number of benzene rings is 2. The molecule has 0 saturated carbocycles. The maximum absolute atomic E-state index is 12.9. The van der Waals surface area contributed by atoms with Gasteiger partial charge in [-0.3, -0.25) is 15.0 Å². The first-order chi connectivity index (χ1) is 14.5. The maximum atomic E-state index is 12.9. The highest BCUT2D eigenvalue weighted by atomic mass is 16.6. The molecule has 9 heteroatoms. The van der Waals surface area contributed by atoms with E-state index in [1.165, 1.54) is 0 Å². The van der Waals surface area contributed by atoms with Crippen LogP contribution in [0, 0.1) is 0 Å². The third-order valence-electron chi connectivity index (χ3n) is 4.59. The number of urea groups is 1. The van der Waals surface area contributed by atoms with Crippen LogP contribution in [-0.2, 0) is 24.7 Å². The number of rotatable bonds is 8. The highest BCUT2D eigenvalue weighted by molar-refractivity contribution is 6.08. The van der Waals surface area contributed by atoms with Crippen LogP contribution >= 0.6 is 0 Å². The number of carbonyl (C=O) groups excluding carboxylic acids is 4. The van der Waals surface area contributed by atoms with E-state index >= 15 is 0 Å². The van der Waals surface area contributed by atoms with Crippen LogP contribution < -0.4 is 15.5 Å². The molecule has 2 aromatic rings. The Morgan fingerprint density at radius 1 is 1.00 bits per heavy atom. The highest BCUT2D eigenvalue weighted by Crippen LogP contribution is 2.31. The Kier molecular flexibility index (Phi) is 6.31. The minimum Gasteiger partial charge on any atom is -0.482 e. The lowest BCUT2D eigenvalue weighted by atomic mass is 9.87. The molecule has 0 spiro atoms. The van der Waals surface area contributed by atoms with Gasteiger partial charge in [0.05, 0.1) is 0 Å². The average molecular weight is 411 g/mol. The maximum Gasteiger partial charge on any atom is 0.344 e. The van der Waals surface area contributed by atoms with E-state index in [-0.39, 0.29) is 6.61 Å². The van der Waals surface area contributed by atoms with E-state index in [4.69, 9.17) is 9.47 Å². The largest absolute Gasteiger partial charge is 0.482 e. The molecule has 9 nitrogen and oxygen atoms in total. The molecule has 0 aromatic heterocycles. The summed E-state index contributed by atoms with van der Waals surface area (Å²) in [5.74, 6) is -1.73. The topological polar surface area (TPSA) is 114 Å². The molecule has 1 aliphatic rings. The Morgan fingerprint density at radius 2 is 1.63 bits per heavy atom. The normalized spacial score (nSPS) is 18.0. The predicted molar refractivity (Wildman–Crippen MR) is 105 cm³/mol. The van der Waals surface area contributed by atoms with Crippen molar-refractivity contribution in [1.29, 1.82) is 0 Å². The molecule has 1 saturated heterocycles. The molecule has 1 heterocycles. The number of nitrogens with zero attached hydrogens (tertiary/aromatic N) is 1. The SMILES string of the molecule is CC[C@]1(c2ccccc2)NC(=O)N(NC(=O)COC(=O)COc2ccccc2)C1=O. The third kappa shape index (κ3) is 4.40. The molecule has 0 bridgehead atoms. The van der Waals surface area contributed by atoms with Crippen LogP contribution in [0.15, 0.2) is 60.7 Å². The number of esters is 1. The smallest absolute Gasteiger partial charge is 0.344 e. The van der Waals surface area contributed by atoms with Gasteiger partial charge in [-0.25, -0.2) is 9.59 Å². The number of imide groups is 1. The third-order valence-corrected chi connectivity index (χ3v) is 4.59. The van der Waals surface area contributed by atoms with Crippen LogP contribution in [0.1, 0.15) is 18.9 Å². The van der Waals surface area contributed by atoms with Crippen molar-refractivity contribution in [2.24, 2.45) is 0 Å². The Morgan fingerprint density at radius 3 is 2.27 bits per heavy atom. The molecule has 0 aliphatic carbocycles. The van der Waals surface area contributed by atoms with Gasteiger partial charge >= 0.3 is 12.0 Å². The zero-order chi connectivity index (χ0) is 21.6. The van der Waals surface area contributed by atoms with Crippen molar-refractivity contribution in [3.05, 3.63) is 66.2 Å². The first-order valence-electron chi connectivity index (χ1n) is 9.31. The highest BCUT2D eigenvalue weighted by Gasteiger charge is 2.52. The molecule has 0 unspecified atom stereocenters. The first kappa shape index (κ1) is 20.8. The molecule has 156 valence electrons. The lowest BCUT2D eigenvalue weighted by Gasteiger charge is -2.25. The van der Waals surface area contributed by atoms with Gasteiger partial charge in [0.15, 0.2) is 13.2 Å². The van der Waals surface area contributed by atoms with Crippen LogP contribution in [0.4, 0.5) is 4.79 Å². The van der Waals surface area contributed by atoms with Crippen molar-refractivity contribution in [3.8, 4) is 5.75 Å². The second-order valence-corrected chi connectivity index (χ2v) is 6.49. The van der Waals surface area contributed by atoms with Crippen molar-refractivity contribution in [2.45, 2.75) is 18.9 Å². The minimum atomic E-state index is -1.27. The van der Waals surface area contributed by atoms with Gasteiger partial charge in [-0.2, -0.15) is 5.01 Å². The number of carbonyl (C=O) groups is 4. The fourth-order valence-electron chi connectivity index (χ4n) is 3.04. The molecule has 0 radical (unpaired) electrons. The summed E-state index contributed by atoms with van der Waals surface area (Å²) in [6.45, 7) is 0.705. The van der Waals surface area contributed by atoms with Gasteiger partial charge in [0, 0.05) is 0 Å². The van der Waals surface area contributed by atoms with E-state index in [1.54, 1.807) is 67.6 Å². The summed E-state index contributed by atoms with van der Waals surface area (Å²) in [6, 6.07) is 16.6. The molecule has 4 amide bonds. The van der Waals surface area contributed by atoms with Crippen LogP contribution in [0.3, 0.4) is 0 Å². The summed E-state index contributed by atoms with van der Waals surface area (Å²) in [5.41, 5.74) is 1.51. The summed E-state index contributed by atoms with van der Waals surface area (Å²) in [5, 5.41) is 3.24. The lowest BCUT2D eigenvalue weighted by molar-refractivity contribution is -0.152. The van der Waals surface area contributed by atoms with E-state index in [0.29, 0.717) is 22.7 Å². The number of amides is 4. The Bertz CT molecular complexity index is 934. The summed E-state index contributed by atoms with van der Waals surface area (Å²) in [6.07, 6.45) is 0.291. The van der Waals surface area contributed by atoms with Crippen molar-refractivity contribution in [1.82, 2.24) is 15.8 Å². The van der Waals surface area contributed by atoms with Gasteiger partial charge in [0.2, 0.25) is 0 Å². The molecule has 3 rings (SSSR count). The molecule has 30 heavy (non-hydrogen) atoms. The molecule has 1 fully saturated rings. The van der Waals surface area contributed by atoms with Crippen molar-refractivity contribution in [3.63, 3.8) is 0 Å². The molecule has 1 aliphatic heterocycles. The minimum absolute atomic E-state index is 0.291. The van der Waals surface area contributed by atoms with Gasteiger partial charge in [0.25, 0.3) is 11.8 Å². The van der Waals surface area contributed by atoms with E-state index in [2.05, 4.69) is 10.7 Å². The monoisotopic (exact) mass is 411 g/mol. The van der Waals surface area contributed by atoms with E-state index in [1.807, 2.05) is 0 Å². The first-order valence-corrected chi connectivity index (χ1v) is 9.31. The van der Waals surface area contributed by atoms with E-state index < -0.39 is 36.0 Å². The molecule has 2 aromatic carbocycles. The fourth-order valence-corrected chi connectivity index (χ4v) is 3.04. The summed E-state index contributed by atoms with van der Waals surface area (Å²) in [4.78, 5) is 49.1. The zero-order valence-electron chi connectivity index (χ0n) is 16.3. The quantitative estimate of drug-likeness (QED) is 0.503. The molecular formula is C21H21N3O6. The molecule has 2 N–H and O–H groups in total. The summed E-state index contributed by atoms with van der Waals surface area (Å²) < 4.78 is 10.0. The zero-order valence-corrected chi connectivity index (χ0v) is 16.3. The fraction of sp³-hybridized carbons (Fsp3) is 0.238. The van der Waals surface area contributed by atoms with Crippen LogP contribution in [-0.4, -0.2) is 42.0 Å². The van der Waals surface area contributed by atoms with Gasteiger partial charge in [-0.05, 0) is 24.1 Å². The second kappa shape index (κ2) is 9.08. The molecule has 1 atom stereocenters. The predicted octanol–water partition coefficient (Wildman–Crippen LogP) is 1.50. The number of nitrogens with one attached hydrogen (secondary N) is 2. The van der Waals surface area contributed by atoms with Crippen LogP contribution in [0.5, 0.6) is 5.75 Å². The number of hydrogen-bond acceptors (Lipinski definition) is 6. The summed E-state index contributed by atoms with van der Waals surface area (Å²) in [7, 11) is 0. The van der Waals surface area contributed by atoms with Crippen molar-refractivity contribution < 1.29 is 28.7 Å². The summed E-state index contributed by atoms with van der Waals surface area (Å²) >= 11 is 0. The Balaban J connectivity index is 1.54. The van der Waals surface area contributed by atoms with Crippen molar-refractivity contribution >= 4 is 23.8 Å². The van der Waals surface area contributed by atoms with Gasteiger partial charge < -0.3 is 14.8 Å². The molecular weight excluding hydrogens is 390 g/mol. The Hall–Kier alpha value is -3.88. The van der Waals surface area contributed by atoms with Crippen molar-refractivity contribution in [2.75, 3.05) is 13.2 Å². The lowest BCUT2D eigenvalue weighted by Crippen LogP contribution is -2.49. The number of para-hydroxylation sites is 1. The van der Waals surface area contributed by atoms with E-state index in [9.17, 15) is 19.2 Å². The van der Waals surface area contributed by atoms with Crippen LogP contribution in [0.2, 0.25) is 0 Å². The van der Waals surface area contributed by atoms with Gasteiger partial charge in [-0.1, -0.05) is 55.5 Å².